The number of amides is 1. The van der Waals surface area contributed by atoms with Gasteiger partial charge < -0.3 is 18.9 Å². The van der Waals surface area contributed by atoms with Gasteiger partial charge in [0, 0.05) is 5.02 Å². The van der Waals surface area contributed by atoms with Gasteiger partial charge in [-0.1, -0.05) is 54.1 Å². The van der Waals surface area contributed by atoms with E-state index in [4.69, 9.17) is 30.5 Å². The summed E-state index contributed by atoms with van der Waals surface area (Å²) in [5, 5.41) is 4.75. The van der Waals surface area contributed by atoms with Gasteiger partial charge in [-0.3, -0.25) is 4.79 Å². The molecule has 40 heavy (non-hydrogen) atoms. The van der Waals surface area contributed by atoms with Gasteiger partial charge in [-0.25, -0.2) is 5.43 Å². The van der Waals surface area contributed by atoms with E-state index in [1.54, 1.807) is 37.3 Å². The summed E-state index contributed by atoms with van der Waals surface area (Å²) in [4.78, 5) is 12.5. The maximum atomic E-state index is 12.5. The van der Waals surface area contributed by atoms with E-state index in [0.29, 0.717) is 47.8 Å². The molecule has 0 aliphatic rings. The van der Waals surface area contributed by atoms with Crippen molar-refractivity contribution in [3.8, 4) is 23.0 Å². The minimum atomic E-state index is -0.754. The highest BCUT2D eigenvalue weighted by Gasteiger charge is 2.14. The number of halogens is 1. The van der Waals surface area contributed by atoms with Crippen LogP contribution in [0.3, 0.4) is 0 Å². The molecule has 0 heterocycles. The Morgan fingerprint density at radius 3 is 2.23 bits per heavy atom. The second-order valence-corrected chi connectivity index (χ2v) is 9.23. The van der Waals surface area contributed by atoms with Crippen LogP contribution in [0.25, 0.3) is 0 Å². The molecule has 0 saturated heterocycles. The Morgan fingerprint density at radius 2 is 1.50 bits per heavy atom. The summed E-state index contributed by atoms with van der Waals surface area (Å²) in [6.45, 7) is 4.89. The first-order chi connectivity index (χ1) is 19.5. The molecule has 0 radical (unpaired) electrons. The van der Waals surface area contributed by atoms with E-state index in [0.717, 1.165) is 16.7 Å². The number of hydrogen-bond donors (Lipinski definition) is 1. The summed E-state index contributed by atoms with van der Waals surface area (Å²) < 4.78 is 23.2. The molecule has 1 amide bonds. The maximum absolute atomic E-state index is 12.5. The number of nitrogens with zero attached hydrogens (tertiary/aromatic N) is 1. The van der Waals surface area contributed by atoms with Crippen molar-refractivity contribution in [1.82, 2.24) is 5.43 Å². The average Bonchev–Trinajstić information content (AvgIpc) is 2.98. The van der Waals surface area contributed by atoms with E-state index in [9.17, 15) is 4.79 Å². The van der Waals surface area contributed by atoms with Crippen LogP contribution in [0.2, 0.25) is 5.02 Å². The number of ether oxygens (including phenoxy) is 4. The van der Waals surface area contributed by atoms with Crippen molar-refractivity contribution in [2.45, 2.75) is 33.2 Å². The molecule has 4 aromatic carbocycles. The van der Waals surface area contributed by atoms with Crippen LogP contribution in [0.1, 0.15) is 30.5 Å². The van der Waals surface area contributed by atoms with Crippen molar-refractivity contribution in [3.05, 3.63) is 119 Å². The van der Waals surface area contributed by atoms with E-state index in [1.165, 1.54) is 6.21 Å². The minimum Gasteiger partial charge on any atom is -0.490 e. The van der Waals surface area contributed by atoms with Gasteiger partial charge in [-0.05, 0) is 85.1 Å². The first-order valence-corrected chi connectivity index (χ1v) is 13.3. The molecular weight excluding hydrogens is 528 g/mol. The van der Waals surface area contributed by atoms with Gasteiger partial charge in [-0.2, -0.15) is 5.10 Å². The second-order valence-electron chi connectivity index (χ2n) is 8.79. The van der Waals surface area contributed by atoms with Crippen LogP contribution in [0.15, 0.2) is 102 Å². The molecule has 206 valence electrons. The molecule has 0 fully saturated rings. The van der Waals surface area contributed by atoms with E-state index in [2.05, 4.69) is 10.5 Å². The average molecular weight is 559 g/mol. The van der Waals surface area contributed by atoms with Gasteiger partial charge in [0.15, 0.2) is 17.6 Å². The third-order valence-electron chi connectivity index (χ3n) is 5.72. The van der Waals surface area contributed by atoms with Crippen molar-refractivity contribution >= 4 is 23.7 Å². The predicted molar refractivity (Wildman–Crippen MR) is 156 cm³/mol. The second kappa shape index (κ2) is 14.6. The number of hydrazone groups is 1. The van der Waals surface area contributed by atoms with Crippen LogP contribution in [-0.4, -0.2) is 24.8 Å². The molecule has 0 spiro atoms. The lowest BCUT2D eigenvalue weighted by Gasteiger charge is -2.14. The summed E-state index contributed by atoms with van der Waals surface area (Å²) in [7, 11) is 0. The number of benzene rings is 4. The Kier molecular flexibility index (Phi) is 10.4. The first-order valence-electron chi connectivity index (χ1n) is 12.9. The zero-order valence-electron chi connectivity index (χ0n) is 22.4. The largest absolute Gasteiger partial charge is 0.490 e. The Hall–Kier alpha value is -4.49. The molecule has 1 atom stereocenters. The van der Waals surface area contributed by atoms with E-state index in [1.807, 2.05) is 73.7 Å². The molecule has 8 heteroatoms. The molecule has 4 rings (SSSR count). The highest BCUT2D eigenvalue weighted by atomic mass is 35.5. The Balaban J connectivity index is 1.26. The van der Waals surface area contributed by atoms with Crippen molar-refractivity contribution < 1.29 is 23.7 Å². The number of hydrogen-bond acceptors (Lipinski definition) is 6. The Labute approximate surface area is 239 Å². The summed E-state index contributed by atoms with van der Waals surface area (Å²) in [6, 6.07) is 30.0. The summed E-state index contributed by atoms with van der Waals surface area (Å²) in [5.41, 5.74) is 5.33. The number of carbonyl (C=O) groups is 1. The molecule has 0 saturated carbocycles. The molecule has 0 aliphatic carbocycles. The third kappa shape index (κ3) is 8.78. The lowest BCUT2D eigenvalue weighted by atomic mass is 10.2. The highest BCUT2D eigenvalue weighted by Crippen LogP contribution is 2.29. The fourth-order valence-electron chi connectivity index (χ4n) is 3.61. The molecule has 0 unspecified atom stereocenters. The van der Waals surface area contributed by atoms with Gasteiger partial charge in [0.25, 0.3) is 5.91 Å². The first kappa shape index (κ1) is 28.5. The molecule has 1 N–H and O–H groups in total. The minimum absolute atomic E-state index is 0.377. The van der Waals surface area contributed by atoms with Crippen LogP contribution in [-0.2, 0) is 18.0 Å². The normalized spacial score (nSPS) is 11.6. The zero-order valence-corrected chi connectivity index (χ0v) is 23.1. The number of rotatable bonds is 13. The van der Waals surface area contributed by atoms with Crippen molar-refractivity contribution in [2.75, 3.05) is 6.61 Å². The number of carbonyl (C=O) groups excluding carboxylic acids is 1. The van der Waals surface area contributed by atoms with Gasteiger partial charge in [0.05, 0.1) is 12.8 Å². The zero-order chi connectivity index (χ0) is 28.2. The Bertz CT molecular complexity index is 1390. The molecule has 4 aromatic rings. The lowest BCUT2D eigenvalue weighted by Crippen LogP contribution is -2.33. The SMILES string of the molecule is CCOc1cc(/C=N\NC(=O)[C@H](C)Oc2ccc(OCc3ccccc3)cc2)ccc1OCc1ccc(Cl)cc1. The molecule has 0 aliphatic heterocycles. The lowest BCUT2D eigenvalue weighted by molar-refractivity contribution is -0.127. The van der Waals surface area contributed by atoms with Gasteiger partial charge >= 0.3 is 0 Å². The van der Waals surface area contributed by atoms with Crippen LogP contribution >= 0.6 is 11.6 Å². The quantitative estimate of drug-likeness (QED) is 0.144. The van der Waals surface area contributed by atoms with E-state index >= 15 is 0 Å². The molecule has 0 bridgehead atoms. The monoisotopic (exact) mass is 558 g/mol. The maximum Gasteiger partial charge on any atom is 0.280 e. The van der Waals surface area contributed by atoms with Crippen molar-refractivity contribution in [2.24, 2.45) is 5.10 Å². The Morgan fingerprint density at radius 1 is 0.825 bits per heavy atom. The molecule has 0 aromatic heterocycles. The predicted octanol–water partition coefficient (Wildman–Crippen LogP) is 6.81. The number of nitrogens with one attached hydrogen (secondary N) is 1. The highest BCUT2D eigenvalue weighted by molar-refractivity contribution is 6.30. The van der Waals surface area contributed by atoms with Gasteiger partial charge in [-0.15, -0.1) is 0 Å². The molecule has 7 nitrogen and oxygen atoms in total. The summed E-state index contributed by atoms with van der Waals surface area (Å²) >= 11 is 5.95. The fourth-order valence-corrected chi connectivity index (χ4v) is 3.73. The topological polar surface area (TPSA) is 78.4 Å². The van der Waals surface area contributed by atoms with Crippen LogP contribution in [0, 0.1) is 0 Å². The van der Waals surface area contributed by atoms with Gasteiger partial charge in [0.2, 0.25) is 0 Å². The van der Waals surface area contributed by atoms with E-state index < -0.39 is 6.10 Å². The van der Waals surface area contributed by atoms with Crippen molar-refractivity contribution in [1.29, 1.82) is 0 Å². The standard InChI is InChI=1S/C32H31ClN2O5/c1-3-37-31-19-26(11-18-30(31)39-22-25-9-12-27(33)13-10-25)20-34-35-32(36)23(2)40-29-16-14-28(15-17-29)38-21-24-7-5-4-6-8-24/h4-20,23H,3,21-22H2,1-2H3,(H,35,36)/b34-20-/t23-/m0/s1. The van der Waals surface area contributed by atoms with Crippen LogP contribution < -0.4 is 24.4 Å². The smallest absolute Gasteiger partial charge is 0.280 e. The van der Waals surface area contributed by atoms with Crippen LogP contribution in [0.4, 0.5) is 0 Å². The van der Waals surface area contributed by atoms with Crippen molar-refractivity contribution in [3.63, 3.8) is 0 Å². The summed E-state index contributed by atoms with van der Waals surface area (Å²) in [6.07, 6.45) is 0.783. The fraction of sp³-hybridized carbons (Fsp3) is 0.188. The van der Waals surface area contributed by atoms with Gasteiger partial charge in [0.1, 0.15) is 24.7 Å². The van der Waals surface area contributed by atoms with Crippen LogP contribution in [0.5, 0.6) is 23.0 Å². The molecular formula is C32H31ClN2O5. The third-order valence-corrected chi connectivity index (χ3v) is 5.97. The summed E-state index contributed by atoms with van der Waals surface area (Å²) in [5.74, 6) is 2.07. The van der Waals surface area contributed by atoms with E-state index in [-0.39, 0.29) is 5.91 Å².